The molecule has 0 aliphatic heterocycles. The first-order valence-electron chi connectivity index (χ1n) is 2.13. The fourth-order valence-electron chi connectivity index (χ4n) is 0.241. The molecule has 0 radical (unpaired) electrons. The number of carbonyl (C=O) groups excluding carboxylic acids is 2. The zero-order chi connectivity index (χ0) is 7.44. The number of carboxylic acids is 1. The van der Waals surface area contributed by atoms with Crippen LogP contribution in [0.5, 0.6) is 0 Å². The normalized spacial score (nSPS) is 11.3. The molecule has 0 rings (SSSR count). The van der Waals surface area contributed by atoms with E-state index in [0.29, 0.717) is 0 Å². The molecule has 0 saturated heterocycles. The maximum absolute atomic E-state index is 9.92. The number of carbonyl (C=O) groups is 2. The number of aliphatic hydroxyl groups is 1. The number of hydrogen-bond acceptors (Lipinski definition) is 5. The van der Waals surface area contributed by atoms with Crippen LogP contribution in [-0.4, -0.2) is 22.3 Å². The van der Waals surface area contributed by atoms with Gasteiger partial charge in [-0.05, 0) is 0 Å². The fraction of sp³-hybridized carbons (Fsp3) is 0.500. The summed E-state index contributed by atoms with van der Waals surface area (Å²) in [6.45, 7) is 0. The number of hydrogen-bond donors (Lipinski definition) is 1. The molecule has 1 N–H and O–H groups in total. The van der Waals surface area contributed by atoms with Crippen molar-refractivity contribution in [1.82, 2.24) is 0 Å². The zero-order valence-electron chi connectivity index (χ0n) is 5.07. The summed E-state index contributed by atoms with van der Waals surface area (Å²) < 4.78 is 0. The van der Waals surface area contributed by atoms with E-state index in [2.05, 4.69) is 12.6 Å². The molecule has 0 saturated carbocycles. The average Bonchev–Trinajstić information content (AvgIpc) is 1.63. The van der Waals surface area contributed by atoms with Gasteiger partial charge in [0.05, 0.1) is 12.1 Å². The van der Waals surface area contributed by atoms with Crippen LogP contribution in [0.25, 0.3) is 0 Å². The predicted octanol–water partition coefficient (Wildman–Crippen LogP) is -2.44. The predicted molar refractivity (Wildman–Crippen MR) is 28.0 cm³/mol. The molecule has 0 aromatic heterocycles. The van der Waals surface area contributed by atoms with Crippen molar-refractivity contribution in [3.05, 3.63) is 0 Å². The van der Waals surface area contributed by atoms with E-state index in [1.165, 1.54) is 0 Å². The Labute approximate surface area is 75.8 Å². The molecular weight excluding hydrogens is 209 g/mol. The van der Waals surface area contributed by atoms with Gasteiger partial charge in [-0.15, -0.1) is 0 Å². The molecule has 4 nitrogen and oxygen atoms in total. The third-order valence-electron chi connectivity index (χ3n) is 0.632. The number of aliphatic carboxylic acids is 1. The van der Waals surface area contributed by atoms with Crippen molar-refractivity contribution in [2.75, 3.05) is 0 Å². The first-order chi connectivity index (χ1) is 4.04. The molecule has 0 aromatic carbocycles. The van der Waals surface area contributed by atoms with Crippen molar-refractivity contribution in [1.29, 1.82) is 0 Å². The first-order valence-corrected chi connectivity index (χ1v) is 2.53. The molecule has 52 valence electrons. The molecule has 0 heterocycles. The second kappa shape index (κ2) is 5.71. The van der Waals surface area contributed by atoms with Gasteiger partial charge in [-0.1, -0.05) is 0 Å². The van der Waals surface area contributed by atoms with Crippen LogP contribution < -0.4 is 5.11 Å². The molecule has 0 amide bonds. The van der Waals surface area contributed by atoms with E-state index in [0.717, 1.165) is 0 Å². The number of carboxylic acid groups (broad SMARTS) is 1. The Hall–Kier alpha value is -0.0566. The van der Waals surface area contributed by atoms with Gasteiger partial charge >= 0.3 is 19.5 Å². The van der Waals surface area contributed by atoms with E-state index in [1.54, 1.807) is 0 Å². The van der Waals surface area contributed by atoms with Crippen LogP contribution in [0.3, 0.4) is 0 Å². The Morgan fingerprint density at radius 1 is 1.60 bits per heavy atom. The maximum atomic E-state index is 9.92. The van der Waals surface area contributed by atoms with E-state index in [-0.39, 0.29) is 19.5 Å². The van der Waals surface area contributed by atoms with E-state index >= 15 is 0 Å². The van der Waals surface area contributed by atoms with Gasteiger partial charge in [0.2, 0.25) is 0 Å². The average molecular weight is 214 g/mol. The van der Waals surface area contributed by atoms with Gasteiger partial charge in [0.15, 0.2) is 0 Å². The Bertz CT molecular complexity index is 137. The molecule has 0 bridgehead atoms. The van der Waals surface area contributed by atoms with E-state index in [4.69, 9.17) is 5.11 Å². The molecular formula is C4H4O4SZn. The standard InChI is InChI=1S/C4H6O4S.Zn/c5-2(4(7)8)1-3(6)9;/h2,5H,1H2,(H,6,9)(H,7,8);/q;+2/p-2. The maximum Gasteiger partial charge on any atom is 2.00 e. The molecule has 0 aliphatic carbocycles. The van der Waals surface area contributed by atoms with Crippen molar-refractivity contribution < 1.29 is 39.3 Å². The summed E-state index contributed by atoms with van der Waals surface area (Å²) >= 11 is 3.98. The van der Waals surface area contributed by atoms with Crippen molar-refractivity contribution in [2.45, 2.75) is 12.5 Å². The Morgan fingerprint density at radius 3 is 2.10 bits per heavy atom. The van der Waals surface area contributed by atoms with Crippen molar-refractivity contribution in [3.63, 3.8) is 0 Å². The van der Waals surface area contributed by atoms with Crippen molar-refractivity contribution >= 4 is 23.7 Å². The summed E-state index contributed by atoms with van der Waals surface area (Å²) in [6.07, 6.45) is -2.31. The summed E-state index contributed by atoms with van der Waals surface area (Å²) in [7, 11) is 0. The van der Waals surface area contributed by atoms with Gasteiger partial charge in [0, 0.05) is 11.5 Å². The van der Waals surface area contributed by atoms with Crippen LogP contribution in [0.15, 0.2) is 0 Å². The van der Waals surface area contributed by atoms with Gasteiger partial charge in [0.25, 0.3) is 0 Å². The fourth-order valence-corrected chi connectivity index (χ4v) is 0.399. The van der Waals surface area contributed by atoms with Crippen molar-refractivity contribution in [2.24, 2.45) is 0 Å². The summed E-state index contributed by atoms with van der Waals surface area (Å²) in [5, 5.41) is 17.2. The van der Waals surface area contributed by atoms with Crippen molar-refractivity contribution in [3.8, 4) is 0 Å². The minimum atomic E-state index is -1.75. The zero-order valence-corrected chi connectivity index (χ0v) is 8.86. The summed E-state index contributed by atoms with van der Waals surface area (Å²) in [5.74, 6) is -1.67. The Balaban J connectivity index is 0. The topological polar surface area (TPSA) is 77.4 Å². The third-order valence-corrected chi connectivity index (χ3v) is 0.799. The second-order valence-corrected chi connectivity index (χ2v) is 1.87. The summed E-state index contributed by atoms with van der Waals surface area (Å²) in [5.41, 5.74) is 0. The monoisotopic (exact) mass is 212 g/mol. The number of aliphatic hydroxyl groups excluding tert-OH is 1. The van der Waals surface area contributed by atoms with Gasteiger partial charge < -0.3 is 32.4 Å². The largest absolute Gasteiger partial charge is 2.00 e. The van der Waals surface area contributed by atoms with Crippen LogP contribution in [0, 0.1) is 0 Å². The Morgan fingerprint density at radius 2 is 2.00 bits per heavy atom. The second-order valence-electron chi connectivity index (χ2n) is 1.41. The SMILES string of the molecule is O=C([S-])CC(O)C(=O)[O-].[Zn+2]. The van der Waals surface area contributed by atoms with E-state index < -0.39 is 23.6 Å². The molecule has 0 aliphatic rings. The molecule has 6 heteroatoms. The van der Waals surface area contributed by atoms with Gasteiger partial charge in [0.1, 0.15) is 0 Å². The smallest absolute Gasteiger partial charge is 0.742 e. The molecule has 0 aromatic rings. The molecule has 10 heavy (non-hydrogen) atoms. The third kappa shape index (κ3) is 6.07. The minimum absolute atomic E-state index is 0. The quantitative estimate of drug-likeness (QED) is 0.416. The van der Waals surface area contributed by atoms with Gasteiger partial charge in [-0.25, -0.2) is 0 Å². The van der Waals surface area contributed by atoms with Crippen LogP contribution in [0.1, 0.15) is 6.42 Å². The Kier molecular flexibility index (Phi) is 7.19. The summed E-state index contributed by atoms with van der Waals surface area (Å²) in [4.78, 5) is 19.6. The molecule has 1 unspecified atom stereocenters. The molecule has 0 fully saturated rings. The minimum Gasteiger partial charge on any atom is -0.742 e. The van der Waals surface area contributed by atoms with E-state index in [1.807, 2.05) is 0 Å². The molecule has 1 atom stereocenters. The van der Waals surface area contributed by atoms with Crippen LogP contribution in [0.2, 0.25) is 0 Å². The summed E-state index contributed by atoms with van der Waals surface area (Å²) in [6, 6.07) is 0. The van der Waals surface area contributed by atoms with E-state index in [9.17, 15) is 14.7 Å². The van der Waals surface area contributed by atoms with Crippen LogP contribution in [0.4, 0.5) is 0 Å². The van der Waals surface area contributed by atoms with Crippen LogP contribution >= 0.6 is 0 Å². The molecule has 0 spiro atoms. The van der Waals surface area contributed by atoms with Crippen LogP contribution in [-0.2, 0) is 41.7 Å². The number of rotatable bonds is 3. The van der Waals surface area contributed by atoms with Gasteiger partial charge in [-0.2, -0.15) is 0 Å². The van der Waals surface area contributed by atoms with Gasteiger partial charge in [-0.3, -0.25) is 0 Å². The first kappa shape index (κ1) is 12.6.